The average Bonchev–Trinajstić information content (AvgIpc) is 2.46. The lowest BCUT2D eigenvalue weighted by atomic mass is 9.97. The number of ether oxygens (including phenoxy) is 3. The minimum Gasteiger partial charge on any atom is -0.496 e. The highest BCUT2D eigenvalue weighted by Crippen LogP contribution is 2.23. The van der Waals surface area contributed by atoms with Gasteiger partial charge in [-0.3, -0.25) is 0 Å². The third-order valence-electron chi connectivity index (χ3n) is 3.02. The summed E-state index contributed by atoms with van der Waals surface area (Å²) in [6.07, 6.45) is 1.87. The lowest BCUT2D eigenvalue weighted by Gasteiger charge is -2.16. The molecule has 0 aromatic heterocycles. The molecule has 0 N–H and O–H groups in total. The standard InChI is InChI=1S/C15H23ClO3/c1-17-9-10-19-8-7-13(12-16)11-14-5-3-4-6-15(14)18-2/h3-6,13H,7-12H2,1-2H3. The van der Waals surface area contributed by atoms with Crippen LogP contribution < -0.4 is 4.74 Å². The maximum atomic E-state index is 6.03. The Balaban J connectivity index is 2.38. The van der Waals surface area contributed by atoms with Crippen LogP contribution in [-0.2, 0) is 15.9 Å². The molecule has 0 aliphatic carbocycles. The van der Waals surface area contributed by atoms with Crippen LogP contribution in [0.5, 0.6) is 5.75 Å². The first kappa shape index (κ1) is 16.3. The lowest BCUT2D eigenvalue weighted by molar-refractivity contribution is 0.0647. The molecule has 108 valence electrons. The number of hydrogen-bond acceptors (Lipinski definition) is 3. The molecule has 1 unspecified atom stereocenters. The van der Waals surface area contributed by atoms with Crippen LogP contribution in [-0.4, -0.2) is 39.9 Å². The summed E-state index contributed by atoms with van der Waals surface area (Å²) in [6.45, 7) is 1.99. The van der Waals surface area contributed by atoms with E-state index in [4.69, 9.17) is 25.8 Å². The van der Waals surface area contributed by atoms with E-state index in [1.54, 1.807) is 14.2 Å². The predicted molar refractivity (Wildman–Crippen MR) is 78.2 cm³/mol. The smallest absolute Gasteiger partial charge is 0.122 e. The van der Waals surface area contributed by atoms with Gasteiger partial charge in [-0.05, 0) is 30.4 Å². The molecule has 1 rings (SSSR count). The summed E-state index contributed by atoms with van der Waals surface area (Å²) in [6, 6.07) is 8.07. The van der Waals surface area contributed by atoms with Crippen LogP contribution in [0.1, 0.15) is 12.0 Å². The van der Waals surface area contributed by atoms with Crippen LogP contribution in [0.4, 0.5) is 0 Å². The van der Waals surface area contributed by atoms with Gasteiger partial charge in [0.15, 0.2) is 0 Å². The van der Waals surface area contributed by atoms with E-state index >= 15 is 0 Å². The van der Waals surface area contributed by atoms with E-state index in [0.717, 1.165) is 25.2 Å². The molecule has 0 aliphatic rings. The lowest BCUT2D eigenvalue weighted by Crippen LogP contribution is -2.12. The maximum absolute atomic E-state index is 6.03. The first-order valence-electron chi connectivity index (χ1n) is 6.56. The highest BCUT2D eigenvalue weighted by atomic mass is 35.5. The van der Waals surface area contributed by atoms with Crippen molar-refractivity contribution in [2.45, 2.75) is 12.8 Å². The van der Waals surface area contributed by atoms with Crippen LogP contribution in [0.15, 0.2) is 24.3 Å². The van der Waals surface area contributed by atoms with Crippen molar-refractivity contribution in [1.82, 2.24) is 0 Å². The van der Waals surface area contributed by atoms with Gasteiger partial charge in [-0.2, -0.15) is 0 Å². The van der Waals surface area contributed by atoms with E-state index in [2.05, 4.69) is 6.07 Å². The number of para-hydroxylation sites is 1. The molecule has 0 heterocycles. The summed E-state index contributed by atoms with van der Waals surface area (Å²) in [7, 11) is 3.37. The predicted octanol–water partition coefficient (Wildman–Crippen LogP) is 3.15. The third-order valence-corrected chi connectivity index (χ3v) is 3.46. The van der Waals surface area contributed by atoms with Crippen LogP contribution in [0.3, 0.4) is 0 Å². The van der Waals surface area contributed by atoms with E-state index in [1.165, 1.54) is 5.56 Å². The Kier molecular flexibility index (Phi) is 8.63. The average molecular weight is 287 g/mol. The molecular formula is C15H23ClO3. The van der Waals surface area contributed by atoms with Gasteiger partial charge in [0.2, 0.25) is 0 Å². The zero-order valence-corrected chi connectivity index (χ0v) is 12.5. The molecule has 0 saturated carbocycles. The van der Waals surface area contributed by atoms with E-state index < -0.39 is 0 Å². The third kappa shape index (κ3) is 6.28. The minimum atomic E-state index is 0.403. The number of rotatable bonds is 10. The SMILES string of the molecule is COCCOCCC(CCl)Cc1ccccc1OC. The normalized spacial score (nSPS) is 12.4. The molecule has 0 amide bonds. The van der Waals surface area contributed by atoms with Crippen molar-refractivity contribution in [3.63, 3.8) is 0 Å². The monoisotopic (exact) mass is 286 g/mol. The number of methoxy groups -OCH3 is 2. The van der Waals surface area contributed by atoms with Crippen molar-refractivity contribution in [3.05, 3.63) is 29.8 Å². The van der Waals surface area contributed by atoms with Crippen molar-refractivity contribution < 1.29 is 14.2 Å². The summed E-state index contributed by atoms with van der Waals surface area (Å²) in [5.74, 6) is 1.96. The molecule has 0 saturated heterocycles. The Morgan fingerprint density at radius 2 is 1.89 bits per heavy atom. The van der Waals surface area contributed by atoms with E-state index in [0.29, 0.717) is 25.0 Å². The second kappa shape index (κ2) is 10.1. The summed E-state index contributed by atoms with van der Waals surface area (Å²) in [5, 5.41) is 0. The highest BCUT2D eigenvalue weighted by molar-refractivity contribution is 6.18. The fourth-order valence-corrected chi connectivity index (χ4v) is 2.17. The van der Waals surface area contributed by atoms with Crippen LogP contribution in [0, 0.1) is 5.92 Å². The molecule has 0 radical (unpaired) electrons. The van der Waals surface area contributed by atoms with Crippen LogP contribution >= 0.6 is 11.6 Å². The number of hydrogen-bond donors (Lipinski definition) is 0. The number of halogens is 1. The van der Waals surface area contributed by atoms with Gasteiger partial charge in [-0.1, -0.05) is 18.2 Å². The van der Waals surface area contributed by atoms with Gasteiger partial charge in [0, 0.05) is 19.6 Å². The van der Waals surface area contributed by atoms with Crippen molar-refractivity contribution in [2.24, 2.45) is 5.92 Å². The molecule has 19 heavy (non-hydrogen) atoms. The molecule has 0 bridgehead atoms. The van der Waals surface area contributed by atoms with Gasteiger partial charge in [0.1, 0.15) is 5.75 Å². The minimum absolute atomic E-state index is 0.403. The molecule has 0 fully saturated rings. The second-order valence-electron chi connectivity index (χ2n) is 4.43. The Morgan fingerprint density at radius 3 is 2.58 bits per heavy atom. The molecule has 1 aromatic rings. The van der Waals surface area contributed by atoms with Crippen LogP contribution in [0.25, 0.3) is 0 Å². The summed E-state index contributed by atoms with van der Waals surface area (Å²) in [4.78, 5) is 0. The van der Waals surface area contributed by atoms with Crippen molar-refractivity contribution >= 4 is 11.6 Å². The van der Waals surface area contributed by atoms with Crippen molar-refractivity contribution in [3.8, 4) is 5.75 Å². The summed E-state index contributed by atoms with van der Waals surface area (Å²) < 4.78 is 15.8. The first-order chi connectivity index (χ1) is 9.31. The Bertz CT molecular complexity index is 344. The molecule has 1 atom stereocenters. The molecule has 0 aliphatic heterocycles. The fourth-order valence-electron chi connectivity index (χ4n) is 1.91. The van der Waals surface area contributed by atoms with Gasteiger partial charge in [0.25, 0.3) is 0 Å². The van der Waals surface area contributed by atoms with E-state index in [9.17, 15) is 0 Å². The second-order valence-corrected chi connectivity index (χ2v) is 4.74. The van der Waals surface area contributed by atoms with Crippen LogP contribution in [0.2, 0.25) is 0 Å². The number of benzene rings is 1. The topological polar surface area (TPSA) is 27.7 Å². The molecular weight excluding hydrogens is 264 g/mol. The zero-order valence-electron chi connectivity index (χ0n) is 11.7. The number of alkyl halides is 1. The van der Waals surface area contributed by atoms with Gasteiger partial charge < -0.3 is 14.2 Å². The zero-order chi connectivity index (χ0) is 13.9. The summed E-state index contributed by atoms with van der Waals surface area (Å²) in [5.41, 5.74) is 1.20. The largest absolute Gasteiger partial charge is 0.496 e. The van der Waals surface area contributed by atoms with Gasteiger partial charge in [-0.25, -0.2) is 0 Å². The molecule has 0 spiro atoms. The summed E-state index contributed by atoms with van der Waals surface area (Å²) >= 11 is 6.03. The first-order valence-corrected chi connectivity index (χ1v) is 7.09. The fraction of sp³-hybridized carbons (Fsp3) is 0.600. The van der Waals surface area contributed by atoms with E-state index in [-0.39, 0.29) is 0 Å². The van der Waals surface area contributed by atoms with Gasteiger partial charge in [-0.15, -0.1) is 11.6 Å². The van der Waals surface area contributed by atoms with Crippen molar-refractivity contribution in [2.75, 3.05) is 39.9 Å². The Hall–Kier alpha value is -0.770. The maximum Gasteiger partial charge on any atom is 0.122 e. The highest BCUT2D eigenvalue weighted by Gasteiger charge is 2.11. The molecule has 1 aromatic carbocycles. The molecule has 3 nitrogen and oxygen atoms in total. The Labute approximate surface area is 120 Å². The van der Waals surface area contributed by atoms with Gasteiger partial charge >= 0.3 is 0 Å². The molecule has 4 heteroatoms. The van der Waals surface area contributed by atoms with Crippen molar-refractivity contribution in [1.29, 1.82) is 0 Å². The van der Waals surface area contributed by atoms with Gasteiger partial charge in [0.05, 0.1) is 20.3 Å². The van der Waals surface area contributed by atoms with E-state index in [1.807, 2.05) is 18.2 Å². The quantitative estimate of drug-likeness (QED) is 0.488. The Morgan fingerprint density at radius 1 is 1.11 bits per heavy atom.